The zero-order valence-electron chi connectivity index (χ0n) is 12.0. The minimum Gasteiger partial charge on any atom is -0.383 e. The third kappa shape index (κ3) is 4.58. The maximum absolute atomic E-state index is 12.3. The molecule has 4 heteroatoms. The SMILES string of the molecule is CCN(C(=O)CC1CCCC(N)C1)C(C)COC. The van der Waals surface area contributed by atoms with Gasteiger partial charge in [0.05, 0.1) is 12.6 Å². The zero-order valence-corrected chi connectivity index (χ0v) is 12.0. The van der Waals surface area contributed by atoms with Crippen LogP contribution in [0.1, 0.15) is 46.0 Å². The van der Waals surface area contributed by atoms with Crippen LogP contribution in [0.4, 0.5) is 0 Å². The minimum absolute atomic E-state index is 0.157. The van der Waals surface area contributed by atoms with Crippen LogP contribution in [0.3, 0.4) is 0 Å². The first-order valence-corrected chi connectivity index (χ1v) is 7.12. The molecule has 1 fully saturated rings. The average Bonchev–Trinajstić information content (AvgIpc) is 2.30. The van der Waals surface area contributed by atoms with Crippen molar-refractivity contribution in [1.29, 1.82) is 0 Å². The van der Waals surface area contributed by atoms with E-state index in [2.05, 4.69) is 0 Å². The van der Waals surface area contributed by atoms with Crippen molar-refractivity contribution in [3.8, 4) is 0 Å². The van der Waals surface area contributed by atoms with Crippen LogP contribution in [0.25, 0.3) is 0 Å². The summed E-state index contributed by atoms with van der Waals surface area (Å²) in [5, 5.41) is 0. The zero-order chi connectivity index (χ0) is 13.5. The number of carbonyl (C=O) groups is 1. The summed E-state index contributed by atoms with van der Waals surface area (Å²) in [5.41, 5.74) is 5.97. The number of hydrogen-bond acceptors (Lipinski definition) is 3. The van der Waals surface area contributed by atoms with Crippen molar-refractivity contribution in [2.75, 3.05) is 20.3 Å². The number of methoxy groups -OCH3 is 1. The lowest BCUT2D eigenvalue weighted by Crippen LogP contribution is -2.42. The molecule has 0 aliphatic heterocycles. The topological polar surface area (TPSA) is 55.6 Å². The maximum atomic E-state index is 12.3. The monoisotopic (exact) mass is 256 g/mol. The van der Waals surface area contributed by atoms with Gasteiger partial charge in [-0.25, -0.2) is 0 Å². The maximum Gasteiger partial charge on any atom is 0.223 e. The van der Waals surface area contributed by atoms with E-state index in [1.54, 1.807) is 7.11 Å². The molecule has 1 rings (SSSR count). The molecule has 0 aromatic carbocycles. The molecule has 1 saturated carbocycles. The van der Waals surface area contributed by atoms with E-state index in [-0.39, 0.29) is 11.9 Å². The lowest BCUT2D eigenvalue weighted by molar-refractivity contribution is -0.135. The number of ether oxygens (including phenoxy) is 1. The molecule has 0 bridgehead atoms. The molecular formula is C14H28N2O2. The number of likely N-dealkylation sites (N-methyl/N-ethyl adjacent to an activating group) is 1. The van der Waals surface area contributed by atoms with Gasteiger partial charge < -0.3 is 15.4 Å². The van der Waals surface area contributed by atoms with Crippen LogP contribution >= 0.6 is 0 Å². The van der Waals surface area contributed by atoms with Gasteiger partial charge in [0.15, 0.2) is 0 Å². The summed E-state index contributed by atoms with van der Waals surface area (Å²) in [6.45, 7) is 5.42. The molecule has 0 heterocycles. The predicted octanol–water partition coefficient (Wildman–Crippen LogP) is 1.78. The van der Waals surface area contributed by atoms with Gasteiger partial charge in [0.2, 0.25) is 5.91 Å². The Labute approximate surface area is 111 Å². The molecule has 18 heavy (non-hydrogen) atoms. The van der Waals surface area contributed by atoms with E-state index >= 15 is 0 Å². The second kappa shape index (κ2) is 7.74. The number of nitrogens with zero attached hydrogens (tertiary/aromatic N) is 1. The lowest BCUT2D eigenvalue weighted by Gasteiger charge is -2.31. The summed E-state index contributed by atoms with van der Waals surface area (Å²) in [6.07, 6.45) is 5.08. The van der Waals surface area contributed by atoms with Crippen molar-refractivity contribution < 1.29 is 9.53 Å². The summed E-state index contributed by atoms with van der Waals surface area (Å²) in [5.74, 6) is 0.728. The van der Waals surface area contributed by atoms with Crippen LogP contribution in [-0.4, -0.2) is 43.2 Å². The molecule has 1 aliphatic rings. The third-order valence-electron chi connectivity index (χ3n) is 3.89. The number of hydrogen-bond donors (Lipinski definition) is 1. The molecule has 0 aromatic rings. The molecule has 1 amide bonds. The van der Waals surface area contributed by atoms with Crippen LogP contribution in [0.15, 0.2) is 0 Å². The van der Waals surface area contributed by atoms with Crippen molar-refractivity contribution in [3.63, 3.8) is 0 Å². The first kappa shape index (κ1) is 15.4. The van der Waals surface area contributed by atoms with Crippen molar-refractivity contribution >= 4 is 5.91 Å². The standard InChI is InChI=1S/C14H28N2O2/c1-4-16(11(2)10-18-3)14(17)9-12-6-5-7-13(15)8-12/h11-13H,4-10,15H2,1-3H3. The van der Waals surface area contributed by atoms with E-state index in [9.17, 15) is 4.79 Å². The second-order valence-electron chi connectivity index (χ2n) is 5.48. The lowest BCUT2D eigenvalue weighted by atomic mass is 9.84. The highest BCUT2D eigenvalue weighted by Crippen LogP contribution is 2.26. The van der Waals surface area contributed by atoms with E-state index < -0.39 is 0 Å². The molecule has 3 unspecified atom stereocenters. The third-order valence-corrected chi connectivity index (χ3v) is 3.89. The van der Waals surface area contributed by atoms with Crippen LogP contribution in [-0.2, 0) is 9.53 Å². The molecule has 0 saturated heterocycles. The molecule has 0 spiro atoms. The summed E-state index contributed by atoms with van der Waals surface area (Å²) in [7, 11) is 1.68. The molecule has 4 nitrogen and oxygen atoms in total. The van der Waals surface area contributed by atoms with E-state index in [0.29, 0.717) is 25.0 Å². The Hall–Kier alpha value is -0.610. The molecular weight excluding hydrogens is 228 g/mol. The van der Waals surface area contributed by atoms with Gasteiger partial charge in [-0.05, 0) is 39.0 Å². The quantitative estimate of drug-likeness (QED) is 0.788. The van der Waals surface area contributed by atoms with Gasteiger partial charge in [0.1, 0.15) is 0 Å². The van der Waals surface area contributed by atoms with Gasteiger partial charge in [-0.3, -0.25) is 4.79 Å². The van der Waals surface area contributed by atoms with E-state index in [4.69, 9.17) is 10.5 Å². The van der Waals surface area contributed by atoms with Crippen LogP contribution < -0.4 is 5.73 Å². The highest BCUT2D eigenvalue weighted by molar-refractivity contribution is 5.76. The fourth-order valence-electron chi connectivity index (χ4n) is 2.95. The first-order chi connectivity index (χ1) is 8.58. The summed E-state index contributed by atoms with van der Waals surface area (Å²) in [6, 6.07) is 0.452. The Kier molecular flexibility index (Phi) is 6.65. The van der Waals surface area contributed by atoms with Crippen molar-refractivity contribution in [3.05, 3.63) is 0 Å². The summed E-state index contributed by atoms with van der Waals surface area (Å²) >= 11 is 0. The number of amides is 1. The highest BCUT2D eigenvalue weighted by atomic mass is 16.5. The van der Waals surface area contributed by atoms with Gasteiger partial charge in [-0.2, -0.15) is 0 Å². The predicted molar refractivity (Wildman–Crippen MR) is 73.3 cm³/mol. The Balaban J connectivity index is 2.46. The number of nitrogens with two attached hydrogens (primary N) is 1. The number of carbonyl (C=O) groups excluding carboxylic acids is 1. The smallest absolute Gasteiger partial charge is 0.223 e. The molecule has 0 radical (unpaired) electrons. The fourth-order valence-corrected chi connectivity index (χ4v) is 2.95. The van der Waals surface area contributed by atoms with Crippen molar-refractivity contribution in [2.24, 2.45) is 11.7 Å². The molecule has 0 aromatic heterocycles. The van der Waals surface area contributed by atoms with Gasteiger partial charge in [-0.15, -0.1) is 0 Å². The molecule has 106 valence electrons. The van der Waals surface area contributed by atoms with Crippen molar-refractivity contribution in [2.45, 2.75) is 58.0 Å². The molecule has 3 atom stereocenters. The second-order valence-corrected chi connectivity index (χ2v) is 5.48. The number of rotatable bonds is 6. The molecule has 1 aliphatic carbocycles. The Morgan fingerprint density at radius 3 is 2.78 bits per heavy atom. The van der Waals surface area contributed by atoms with Crippen LogP contribution in [0.2, 0.25) is 0 Å². The van der Waals surface area contributed by atoms with E-state index in [1.807, 2.05) is 18.7 Å². The Morgan fingerprint density at radius 2 is 2.22 bits per heavy atom. The van der Waals surface area contributed by atoms with E-state index in [0.717, 1.165) is 25.8 Å². The average molecular weight is 256 g/mol. The Morgan fingerprint density at radius 1 is 1.50 bits per heavy atom. The first-order valence-electron chi connectivity index (χ1n) is 7.12. The Bertz CT molecular complexity index is 258. The van der Waals surface area contributed by atoms with Crippen LogP contribution in [0, 0.1) is 5.92 Å². The molecule has 2 N–H and O–H groups in total. The summed E-state index contributed by atoms with van der Waals surface area (Å²) in [4.78, 5) is 14.2. The van der Waals surface area contributed by atoms with Gasteiger partial charge in [0, 0.05) is 26.1 Å². The summed E-state index contributed by atoms with van der Waals surface area (Å²) < 4.78 is 5.13. The van der Waals surface area contributed by atoms with Gasteiger partial charge >= 0.3 is 0 Å². The normalized spacial score (nSPS) is 25.8. The van der Waals surface area contributed by atoms with Gasteiger partial charge in [-0.1, -0.05) is 6.42 Å². The minimum atomic E-state index is 0.157. The van der Waals surface area contributed by atoms with Gasteiger partial charge in [0.25, 0.3) is 0 Å². The van der Waals surface area contributed by atoms with E-state index in [1.165, 1.54) is 6.42 Å². The fraction of sp³-hybridized carbons (Fsp3) is 0.929. The largest absolute Gasteiger partial charge is 0.383 e. The van der Waals surface area contributed by atoms with Crippen molar-refractivity contribution in [1.82, 2.24) is 4.90 Å². The highest BCUT2D eigenvalue weighted by Gasteiger charge is 2.25. The van der Waals surface area contributed by atoms with Crippen LogP contribution in [0.5, 0.6) is 0 Å².